The van der Waals surface area contributed by atoms with Gasteiger partial charge in [0.25, 0.3) is 5.91 Å². The van der Waals surface area contributed by atoms with Gasteiger partial charge in [0.2, 0.25) is 0 Å². The molecule has 4 rings (SSSR count). The van der Waals surface area contributed by atoms with Crippen LogP contribution in [0.4, 0.5) is 0 Å². The minimum Gasteiger partial charge on any atom is -0.298 e. The summed E-state index contributed by atoms with van der Waals surface area (Å²) in [5.41, 5.74) is 9.79. The van der Waals surface area contributed by atoms with E-state index in [1.807, 2.05) is 30.3 Å². The maximum atomic E-state index is 12.4. The molecule has 4 heteroatoms. The summed E-state index contributed by atoms with van der Waals surface area (Å²) >= 11 is 0. The SMILES string of the molecule is C=C(NNC(=O)c1ccc2ccccc2n1)c1ccc(C2CCCCC2)cc1. The van der Waals surface area contributed by atoms with Gasteiger partial charge in [0, 0.05) is 5.39 Å². The van der Waals surface area contributed by atoms with Crippen LogP contribution in [0.25, 0.3) is 16.6 Å². The third-order valence-electron chi connectivity index (χ3n) is 5.49. The van der Waals surface area contributed by atoms with Gasteiger partial charge in [-0.25, -0.2) is 4.98 Å². The van der Waals surface area contributed by atoms with Crippen LogP contribution in [-0.2, 0) is 0 Å². The normalized spacial score (nSPS) is 14.6. The Hall–Kier alpha value is -3.14. The fraction of sp³-hybridized carbons (Fsp3) is 0.250. The van der Waals surface area contributed by atoms with Crippen molar-refractivity contribution in [2.75, 3.05) is 0 Å². The molecule has 1 amide bonds. The molecule has 0 atom stereocenters. The van der Waals surface area contributed by atoms with Gasteiger partial charge >= 0.3 is 0 Å². The summed E-state index contributed by atoms with van der Waals surface area (Å²) in [4.78, 5) is 16.8. The Morgan fingerprint density at radius 3 is 2.43 bits per heavy atom. The molecule has 0 saturated heterocycles. The lowest BCUT2D eigenvalue weighted by Crippen LogP contribution is -2.36. The Labute approximate surface area is 165 Å². The number of rotatable bonds is 5. The van der Waals surface area contributed by atoms with Crippen LogP contribution in [0.1, 0.15) is 59.6 Å². The highest BCUT2D eigenvalue weighted by Gasteiger charge is 2.15. The zero-order valence-corrected chi connectivity index (χ0v) is 15.9. The van der Waals surface area contributed by atoms with E-state index in [0.29, 0.717) is 17.3 Å². The van der Waals surface area contributed by atoms with E-state index >= 15 is 0 Å². The van der Waals surface area contributed by atoms with Gasteiger partial charge in [-0.15, -0.1) is 0 Å². The first kappa shape index (κ1) is 18.2. The molecule has 1 saturated carbocycles. The Kier molecular flexibility index (Phi) is 5.38. The van der Waals surface area contributed by atoms with Crippen molar-refractivity contribution < 1.29 is 4.79 Å². The van der Waals surface area contributed by atoms with E-state index < -0.39 is 0 Å². The zero-order chi connectivity index (χ0) is 19.3. The predicted molar refractivity (Wildman–Crippen MR) is 114 cm³/mol. The summed E-state index contributed by atoms with van der Waals surface area (Å²) in [5, 5.41) is 1.01. The summed E-state index contributed by atoms with van der Waals surface area (Å²) < 4.78 is 0. The molecule has 2 aromatic carbocycles. The fourth-order valence-corrected chi connectivity index (χ4v) is 3.85. The molecular formula is C24H25N3O. The third-order valence-corrected chi connectivity index (χ3v) is 5.49. The molecule has 1 aliphatic rings. The monoisotopic (exact) mass is 371 g/mol. The molecule has 3 aromatic rings. The van der Waals surface area contributed by atoms with Crippen molar-refractivity contribution in [3.63, 3.8) is 0 Å². The number of para-hydroxylation sites is 1. The van der Waals surface area contributed by atoms with E-state index in [1.54, 1.807) is 6.07 Å². The van der Waals surface area contributed by atoms with Crippen LogP contribution in [0.5, 0.6) is 0 Å². The van der Waals surface area contributed by atoms with E-state index in [9.17, 15) is 4.79 Å². The quantitative estimate of drug-likeness (QED) is 0.607. The van der Waals surface area contributed by atoms with Crippen molar-refractivity contribution in [3.05, 3.63) is 84.1 Å². The first-order chi connectivity index (χ1) is 13.7. The average molecular weight is 371 g/mol. The molecule has 0 spiro atoms. The van der Waals surface area contributed by atoms with Gasteiger partial charge in [-0.3, -0.25) is 15.6 Å². The van der Waals surface area contributed by atoms with Crippen molar-refractivity contribution in [2.45, 2.75) is 38.0 Å². The number of hydrogen-bond acceptors (Lipinski definition) is 3. The van der Waals surface area contributed by atoms with E-state index in [4.69, 9.17) is 0 Å². The zero-order valence-electron chi connectivity index (χ0n) is 15.9. The summed E-state index contributed by atoms with van der Waals surface area (Å²) in [7, 11) is 0. The Morgan fingerprint density at radius 2 is 1.64 bits per heavy atom. The number of amides is 1. The molecule has 0 radical (unpaired) electrons. The second-order valence-corrected chi connectivity index (χ2v) is 7.40. The lowest BCUT2D eigenvalue weighted by atomic mass is 9.84. The maximum absolute atomic E-state index is 12.4. The third kappa shape index (κ3) is 4.06. The van der Waals surface area contributed by atoms with E-state index in [1.165, 1.54) is 37.7 Å². The molecule has 0 unspecified atom stereocenters. The molecule has 2 N–H and O–H groups in total. The first-order valence-corrected chi connectivity index (χ1v) is 9.92. The summed E-state index contributed by atoms with van der Waals surface area (Å²) in [6, 6.07) is 19.9. The number of hydrogen-bond donors (Lipinski definition) is 2. The summed E-state index contributed by atoms with van der Waals surface area (Å²) in [6.07, 6.45) is 6.59. The van der Waals surface area contributed by atoms with Crippen LogP contribution in [0.3, 0.4) is 0 Å². The van der Waals surface area contributed by atoms with Crippen LogP contribution in [0.2, 0.25) is 0 Å². The molecule has 1 heterocycles. The summed E-state index contributed by atoms with van der Waals surface area (Å²) in [5.74, 6) is 0.397. The predicted octanol–water partition coefficient (Wildman–Crippen LogP) is 5.19. The smallest absolute Gasteiger partial charge is 0.288 e. The Balaban J connectivity index is 1.37. The van der Waals surface area contributed by atoms with Gasteiger partial charge in [0.1, 0.15) is 5.69 Å². The lowest BCUT2D eigenvalue weighted by molar-refractivity contribution is 0.0938. The number of pyridine rings is 1. The number of nitrogens with zero attached hydrogens (tertiary/aromatic N) is 1. The molecule has 4 nitrogen and oxygen atoms in total. The van der Waals surface area contributed by atoms with Gasteiger partial charge in [-0.1, -0.05) is 74.4 Å². The van der Waals surface area contributed by atoms with E-state index in [2.05, 4.69) is 46.7 Å². The number of carbonyl (C=O) groups excluding carboxylic acids is 1. The number of carbonyl (C=O) groups is 1. The molecule has 28 heavy (non-hydrogen) atoms. The van der Waals surface area contributed by atoms with Crippen molar-refractivity contribution in [2.24, 2.45) is 0 Å². The number of aromatic nitrogens is 1. The van der Waals surface area contributed by atoms with Gasteiger partial charge < -0.3 is 0 Å². The van der Waals surface area contributed by atoms with Gasteiger partial charge in [0.15, 0.2) is 0 Å². The lowest BCUT2D eigenvalue weighted by Gasteiger charge is -2.22. The summed E-state index contributed by atoms with van der Waals surface area (Å²) in [6.45, 7) is 4.04. The highest BCUT2D eigenvalue weighted by molar-refractivity contribution is 5.95. The number of hydrazine groups is 1. The number of fused-ring (bicyclic) bond motifs is 1. The van der Waals surface area contributed by atoms with Gasteiger partial charge in [-0.2, -0.15) is 0 Å². The van der Waals surface area contributed by atoms with Crippen LogP contribution >= 0.6 is 0 Å². The van der Waals surface area contributed by atoms with Crippen molar-refractivity contribution in [3.8, 4) is 0 Å². The Bertz CT molecular complexity index is 988. The van der Waals surface area contributed by atoms with Crippen molar-refractivity contribution in [1.29, 1.82) is 0 Å². The second-order valence-electron chi connectivity index (χ2n) is 7.40. The highest BCUT2D eigenvalue weighted by Crippen LogP contribution is 2.32. The standard InChI is InChI=1S/C24H25N3O/c1-17(18-11-13-20(14-12-18)19-7-3-2-4-8-19)26-27-24(28)23-16-15-21-9-5-6-10-22(21)25-23/h5-6,9-16,19,26H,1-4,7-8H2,(H,27,28). The molecular weight excluding hydrogens is 346 g/mol. The van der Waals surface area contributed by atoms with Gasteiger partial charge in [-0.05, 0) is 42.0 Å². The highest BCUT2D eigenvalue weighted by atomic mass is 16.2. The van der Waals surface area contributed by atoms with Crippen molar-refractivity contribution >= 4 is 22.5 Å². The molecule has 142 valence electrons. The minimum absolute atomic E-state index is 0.286. The molecule has 1 fully saturated rings. The molecule has 1 aromatic heterocycles. The molecule has 1 aliphatic carbocycles. The fourth-order valence-electron chi connectivity index (χ4n) is 3.85. The van der Waals surface area contributed by atoms with Crippen LogP contribution in [-0.4, -0.2) is 10.9 Å². The Morgan fingerprint density at radius 1 is 0.893 bits per heavy atom. The minimum atomic E-state index is -0.286. The van der Waals surface area contributed by atoms with Gasteiger partial charge in [0.05, 0.1) is 11.2 Å². The number of benzene rings is 2. The van der Waals surface area contributed by atoms with Crippen LogP contribution < -0.4 is 10.9 Å². The van der Waals surface area contributed by atoms with Crippen molar-refractivity contribution in [1.82, 2.24) is 15.8 Å². The molecule has 0 aliphatic heterocycles. The van der Waals surface area contributed by atoms with Crippen LogP contribution in [0, 0.1) is 0 Å². The van der Waals surface area contributed by atoms with Crippen LogP contribution in [0.15, 0.2) is 67.2 Å². The van der Waals surface area contributed by atoms with E-state index in [0.717, 1.165) is 16.5 Å². The second kappa shape index (κ2) is 8.26. The largest absolute Gasteiger partial charge is 0.298 e. The number of nitrogens with one attached hydrogen (secondary N) is 2. The maximum Gasteiger partial charge on any atom is 0.288 e. The van der Waals surface area contributed by atoms with E-state index in [-0.39, 0.29) is 5.91 Å². The average Bonchev–Trinajstić information content (AvgIpc) is 2.77. The first-order valence-electron chi connectivity index (χ1n) is 9.92. The molecule has 0 bridgehead atoms. The topological polar surface area (TPSA) is 54.0 Å².